The highest BCUT2D eigenvalue weighted by Gasteiger charge is 2.40. The summed E-state index contributed by atoms with van der Waals surface area (Å²) in [6, 6.07) is 100. The van der Waals surface area contributed by atoms with Crippen LogP contribution in [0.15, 0.2) is 267 Å². The van der Waals surface area contributed by atoms with Crippen molar-refractivity contribution in [3.8, 4) is 44.5 Å². The molecule has 4 aliphatic rings. The van der Waals surface area contributed by atoms with Crippen molar-refractivity contribution in [2.24, 2.45) is 0 Å². The average Bonchev–Trinajstić information content (AvgIpc) is 1.59. The first-order valence-corrected chi connectivity index (χ1v) is 32.7. The minimum atomic E-state index is -0.198. The van der Waals surface area contributed by atoms with Gasteiger partial charge in [-0.1, -0.05) is 262 Å². The molecule has 0 radical (unpaired) electrons. The van der Waals surface area contributed by atoms with E-state index in [4.69, 9.17) is 0 Å². The van der Waals surface area contributed by atoms with E-state index in [1.54, 1.807) is 0 Å². The summed E-state index contributed by atoms with van der Waals surface area (Å²) in [4.78, 5) is 4.88. The van der Waals surface area contributed by atoms with Crippen LogP contribution in [0.2, 0.25) is 0 Å². The Hall–Kier alpha value is -10.5. The zero-order valence-electron chi connectivity index (χ0n) is 53.6. The molecule has 13 aromatic carbocycles. The van der Waals surface area contributed by atoms with Gasteiger partial charge in [-0.25, -0.2) is 0 Å². The van der Waals surface area contributed by atoms with Crippen molar-refractivity contribution in [2.75, 3.05) is 9.80 Å². The number of hydrogen-bond acceptors (Lipinski definition) is 2. The maximum Gasteiger partial charge on any atom is 0.0465 e. The molecule has 0 aromatic heterocycles. The lowest BCUT2D eigenvalue weighted by Crippen LogP contribution is -2.18. The van der Waals surface area contributed by atoms with Crippen molar-refractivity contribution in [3.05, 3.63) is 334 Å². The second-order valence-corrected chi connectivity index (χ2v) is 28.2. The highest BCUT2D eigenvalue weighted by atomic mass is 15.1. The second kappa shape index (κ2) is 20.5. The second-order valence-electron chi connectivity index (χ2n) is 28.2. The van der Waals surface area contributed by atoms with E-state index in [0.29, 0.717) is 0 Å². The molecule has 0 amide bonds. The topological polar surface area (TPSA) is 6.48 Å². The van der Waals surface area contributed by atoms with Gasteiger partial charge in [0.15, 0.2) is 0 Å². The number of fused-ring (bicyclic) bond motifs is 15. The van der Waals surface area contributed by atoms with Crippen molar-refractivity contribution in [1.29, 1.82) is 0 Å². The molecule has 0 unspecified atom stereocenters. The van der Waals surface area contributed by atoms with Crippen LogP contribution in [-0.2, 0) is 21.7 Å². The summed E-state index contributed by atoms with van der Waals surface area (Å²) in [6.07, 6.45) is 9.10. The maximum absolute atomic E-state index is 2.44. The lowest BCUT2D eigenvalue weighted by Gasteiger charge is -2.29. The molecule has 0 saturated carbocycles. The van der Waals surface area contributed by atoms with Gasteiger partial charge in [0.25, 0.3) is 0 Å². The number of benzene rings is 13. The largest absolute Gasteiger partial charge is 0.310 e. The SMILES string of the molecule is CC1(C)c2ccccc2-c2ccc(N(c3ccccc3)c3ccc4c(c3)C(C)(C)c3cc(/C=C/c5ccc6c(ccc7cc(/C=C/c8ccc9c(c8)C(C)(C)c8cc(N(c%10ccccc%10)c%10ccc%11c(c%10)C(C)(C)c%10ccccc%10-%11)ccc8-9)ccc76)c5)ccc3-4)cc21. The summed E-state index contributed by atoms with van der Waals surface area (Å²) < 4.78 is 0. The fourth-order valence-corrected chi connectivity index (χ4v) is 16.4. The Balaban J connectivity index is 0.604. The summed E-state index contributed by atoms with van der Waals surface area (Å²) in [5.41, 5.74) is 32.7. The first-order chi connectivity index (χ1) is 44.6. The fourth-order valence-electron chi connectivity index (χ4n) is 16.4. The highest BCUT2D eigenvalue weighted by Crippen LogP contribution is 2.56. The molecular formula is C90H72N2. The van der Waals surface area contributed by atoms with Gasteiger partial charge in [0.1, 0.15) is 0 Å². The van der Waals surface area contributed by atoms with Gasteiger partial charge in [-0.05, 0) is 218 Å². The number of nitrogens with zero attached hydrogens (tertiary/aromatic N) is 2. The fraction of sp³-hybridized carbons (Fsp3) is 0.133. The molecule has 17 rings (SSSR count). The third-order valence-corrected chi connectivity index (χ3v) is 21.4. The Morgan fingerprint density at radius 1 is 0.207 bits per heavy atom. The lowest BCUT2D eigenvalue weighted by molar-refractivity contribution is 0.659. The van der Waals surface area contributed by atoms with Gasteiger partial charge in [-0.3, -0.25) is 0 Å². The van der Waals surface area contributed by atoms with Crippen LogP contribution in [0.1, 0.15) is 122 Å². The molecule has 0 spiro atoms. The van der Waals surface area contributed by atoms with E-state index in [0.717, 1.165) is 22.7 Å². The molecule has 442 valence electrons. The summed E-state index contributed by atoms with van der Waals surface area (Å²) in [6.45, 7) is 19.0. The van der Waals surface area contributed by atoms with E-state index in [2.05, 4.69) is 356 Å². The van der Waals surface area contributed by atoms with Crippen LogP contribution >= 0.6 is 0 Å². The van der Waals surface area contributed by atoms with Crippen LogP contribution in [0, 0.1) is 0 Å². The van der Waals surface area contributed by atoms with Gasteiger partial charge < -0.3 is 9.80 Å². The van der Waals surface area contributed by atoms with Gasteiger partial charge in [0.2, 0.25) is 0 Å². The summed E-state index contributed by atoms with van der Waals surface area (Å²) >= 11 is 0. The molecule has 0 bridgehead atoms. The third kappa shape index (κ3) is 8.60. The molecule has 0 saturated heterocycles. The first kappa shape index (κ1) is 55.5. The van der Waals surface area contributed by atoms with Crippen LogP contribution in [0.3, 0.4) is 0 Å². The molecule has 0 fully saturated rings. The first-order valence-electron chi connectivity index (χ1n) is 32.7. The quantitative estimate of drug-likeness (QED) is 0.0995. The van der Waals surface area contributed by atoms with E-state index in [-0.39, 0.29) is 21.7 Å². The van der Waals surface area contributed by atoms with Gasteiger partial charge in [0.05, 0.1) is 0 Å². The molecule has 13 aromatic rings. The van der Waals surface area contributed by atoms with E-state index >= 15 is 0 Å². The number of para-hydroxylation sites is 2. The van der Waals surface area contributed by atoms with Crippen LogP contribution in [0.4, 0.5) is 34.1 Å². The molecule has 0 heterocycles. The number of rotatable bonds is 10. The predicted molar refractivity (Wildman–Crippen MR) is 392 cm³/mol. The van der Waals surface area contributed by atoms with E-state index in [1.807, 2.05) is 0 Å². The predicted octanol–water partition coefficient (Wildman–Crippen LogP) is 24.5. The van der Waals surface area contributed by atoms with Crippen molar-refractivity contribution < 1.29 is 0 Å². The molecule has 92 heavy (non-hydrogen) atoms. The minimum absolute atomic E-state index is 0.0918. The standard InChI is InChI=1S/C90H72N2/c1-87(2)79-25-17-15-23-71(79)75-45-37-65(53-83(75)87)91(63-19-11-9-12-20-63)67-39-47-77-73-43-33-59(51-81(73)89(5,6)85(77)55-67)29-27-57-31-41-69-61(49-57)35-36-62-50-58(32-42-70(62)69)28-30-60-34-44-74-78-48-40-68(56-86(78)90(7,8)82(74)52-60)92(64-21-13-10-14-22-64)66-38-46-76-72-24-16-18-26-80(72)88(3,4)84(76)54-66/h9-56H,1-8H3/b29-27+,30-28+. The van der Waals surface area contributed by atoms with Crippen LogP contribution in [0.25, 0.3) is 90.4 Å². The monoisotopic (exact) mass is 1180 g/mol. The van der Waals surface area contributed by atoms with Gasteiger partial charge >= 0.3 is 0 Å². The Bertz CT molecular complexity index is 4950. The van der Waals surface area contributed by atoms with Crippen LogP contribution < -0.4 is 9.80 Å². The van der Waals surface area contributed by atoms with E-state index in [1.165, 1.54) is 144 Å². The summed E-state index contributed by atoms with van der Waals surface area (Å²) in [7, 11) is 0. The van der Waals surface area contributed by atoms with Gasteiger partial charge in [-0.15, -0.1) is 0 Å². The molecule has 0 N–H and O–H groups in total. The van der Waals surface area contributed by atoms with Crippen molar-refractivity contribution in [3.63, 3.8) is 0 Å². The Kier molecular flexibility index (Phi) is 12.4. The molecule has 2 nitrogen and oxygen atoms in total. The minimum Gasteiger partial charge on any atom is -0.310 e. The molecule has 4 aliphatic carbocycles. The van der Waals surface area contributed by atoms with Gasteiger partial charge in [-0.2, -0.15) is 0 Å². The smallest absolute Gasteiger partial charge is 0.0465 e. The molecular weight excluding hydrogens is 1110 g/mol. The Morgan fingerprint density at radius 3 is 0.815 bits per heavy atom. The maximum atomic E-state index is 2.44. The highest BCUT2D eigenvalue weighted by molar-refractivity contribution is 6.09. The van der Waals surface area contributed by atoms with Crippen molar-refractivity contribution >= 4 is 80.0 Å². The van der Waals surface area contributed by atoms with Crippen LogP contribution in [0.5, 0.6) is 0 Å². The van der Waals surface area contributed by atoms with Gasteiger partial charge in [0, 0.05) is 55.8 Å². The summed E-state index contributed by atoms with van der Waals surface area (Å²) in [5, 5.41) is 5.01. The molecule has 2 heteroatoms. The van der Waals surface area contributed by atoms with Crippen molar-refractivity contribution in [2.45, 2.75) is 77.0 Å². The Labute approximate surface area is 541 Å². The molecule has 0 atom stereocenters. The van der Waals surface area contributed by atoms with Crippen LogP contribution in [-0.4, -0.2) is 0 Å². The van der Waals surface area contributed by atoms with Crippen molar-refractivity contribution in [1.82, 2.24) is 0 Å². The number of hydrogen-bond donors (Lipinski definition) is 0. The summed E-state index contributed by atoms with van der Waals surface area (Å²) in [5.74, 6) is 0. The van der Waals surface area contributed by atoms with E-state index < -0.39 is 0 Å². The zero-order valence-corrected chi connectivity index (χ0v) is 53.6. The normalized spacial score (nSPS) is 15.2. The average molecular weight is 1180 g/mol. The lowest BCUT2D eigenvalue weighted by atomic mass is 9.81. The van der Waals surface area contributed by atoms with E-state index in [9.17, 15) is 0 Å². The Morgan fingerprint density at radius 2 is 0.467 bits per heavy atom. The number of anilines is 6. The molecule has 0 aliphatic heterocycles. The zero-order chi connectivity index (χ0) is 62.4. The third-order valence-electron chi connectivity index (χ3n) is 21.4.